The summed E-state index contributed by atoms with van der Waals surface area (Å²) in [5, 5.41) is 33.5. The predicted molar refractivity (Wildman–Crippen MR) is 556 cm³/mol. The van der Waals surface area contributed by atoms with Gasteiger partial charge in [0.15, 0.2) is 0 Å². The topological polar surface area (TPSA) is 361 Å². The van der Waals surface area contributed by atoms with Crippen LogP contribution in [0, 0.1) is 12.8 Å². The third-order valence-electron chi connectivity index (χ3n) is 26.3. The van der Waals surface area contributed by atoms with Crippen molar-refractivity contribution in [2.45, 2.75) is 330 Å². The van der Waals surface area contributed by atoms with Gasteiger partial charge in [0.1, 0.15) is 52.4 Å². The van der Waals surface area contributed by atoms with Crippen LogP contribution in [0.1, 0.15) is 287 Å². The number of hydrogen-bond donors (Lipinski definition) is 10. The molecule has 1 saturated carbocycles. The quantitative estimate of drug-likeness (QED) is 0.0359. The fourth-order valence-corrected chi connectivity index (χ4v) is 16.3. The first-order valence-corrected chi connectivity index (χ1v) is 51.2. The van der Waals surface area contributed by atoms with Crippen molar-refractivity contribution in [1.82, 2.24) is 90.5 Å². The van der Waals surface area contributed by atoms with Gasteiger partial charge in [-0.1, -0.05) is 166 Å². The van der Waals surface area contributed by atoms with E-state index in [1.54, 1.807) is 13.0 Å². The van der Waals surface area contributed by atoms with Crippen molar-refractivity contribution in [2.24, 2.45) is 5.92 Å². The van der Waals surface area contributed by atoms with E-state index >= 15 is 0 Å². The molecule has 0 unspecified atom stereocenters. The van der Waals surface area contributed by atoms with Gasteiger partial charge in [0.05, 0.1) is 85.1 Å². The molecule has 9 saturated heterocycles. The van der Waals surface area contributed by atoms with E-state index in [0.29, 0.717) is 60.2 Å². The highest BCUT2D eigenvalue weighted by atomic mass is 19.4. The highest BCUT2D eigenvalue weighted by molar-refractivity contribution is 5.80. The number of likely N-dealkylation sites (tertiary alicyclic amines) is 3. The number of hydrogen-bond acceptors (Lipinski definition) is 29. The van der Waals surface area contributed by atoms with Crippen molar-refractivity contribution in [3.63, 3.8) is 0 Å². The summed E-state index contributed by atoms with van der Waals surface area (Å²) in [6.45, 7) is 70.0. The van der Waals surface area contributed by atoms with Crippen LogP contribution in [0.4, 0.5) is 65.8 Å². The largest absolute Gasteiger partial charge is 0.451 e. The van der Waals surface area contributed by atoms with E-state index in [1.165, 1.54) is 30.4 Å². The third-order valence-corrected chi connectivity index (χ3v) is 26.3. The number of carbonyl (C=O) groups excluding carboxylic acids is 3. The Labute approximate surface area is 831 Å². The van der Waals surface area contributed by atoms with Crippen LogP contribution >= 0.6 is 0 Å². The standard InChI is InChI=1S/C19H29N3O.C17H27N3O.C15H26N6.C15H24N4O.C14H22N4O.C13H21N3O.C12H17F3N4/c1-19(2,3)15-7-10-20-17(13-15)21-16-8-11-22(12-9-16)18(23)14-5-4-6-14;1-5-16(21)20-10-7-14(8-11-20)19-15-12-13(6-9-18-15)17(2,3)4;1-15(2,3)12-8-13(18-11-9-17-10-11)20-14(19-12)21-6-4-16-5-7-21;1-15(2,3)12-8-13(16-11-9-20-10-11)18-14(17-12)19-6-4-5-7-19;1-9-15-12(14(3,4)5)6-13(16-9)17-11-7-18(8-11)10(2)19;1-5-11-15-10(13(2,3)4)6-12(16-11)14-9-7-17-8-9;1-11(2,3)8-4-9(17-7-5-16-6-7)19-10(18-8)12(13,14)15/h7,10,13-14,16H,4-6,8-9,11-12H2,1-3H3,(H,20,21);6,9,12,14H,5,7-8,10-11H2,1-4H3,(H,18,19);8,11,16-17H,4-7,9-10H2,1-3H3,(H,18,19,20);8,11H,4-7,9-10H2,1-3H3,(H,16,17,18);6,11H,7-8H2,1-5H3,(H,15,16,17);6,9H,5,7-8H2,1-4H3,(H,14,15,16);4,7,16H,5-6H2,1-3H3,(H,17,18,19). The van der Waals surface area contributed by atoms with E-state index in [1.807, 2.05) is 62.9 Å². The number of carbonyl (C=O) groups is 3. The highest BCUT2D eigenvalue weighted by Gasteiger charge is 2.39. The summed E-state index contributed by atoms with van der Waals surface area (Å²) in [5.41, 5.74) is 7.22. The van der Waals surface area contributed by atoms with Crippen molar-refractivity contribution >= 4 is 70.3 Å². The molecule has 7 aromatic heterocycles. The number of nitrogens with zero attached hydrogens (tertiary/aromatic N) is 17. The van der Waals surface area contributed by atoms with Crippen molar-refractivity contribution in [1.29, 1.82) is 0 Å². The molecule has 7 aromatic rings. The maximum Gasteiger partial charge on any atom is 0.451 e. The van der Waals surface area contributed by atoms with Gasteiger partial charge in [0.25, 0.3) is 0 Å². The van der Waals surface area contributed by atoms with Crippen LogP contribution in [-0.4, -0.2) is 266 Å². The first-order valence-electron chi connectivity index (χ1n) is 51.2. The lowest BCUT2D eigenvalue weighted by Gasteiger charge is -2.39. The predicted octanol–water partition coefficient (Wildman–Crippen LogP) is 15.6. The Kier molecular flexibility index (Phi) is 38.1. The molecule has 9 aliphatic heterocycles. The number of halogens is 3. The normalized spacial score (nSPS) is 18.3. The van der Waals surface area contributed by atoms with Crippen LogP contribution < -0.4 is 63.0 Å². The molecule has 16 heterocycles. The molecule has 0 atom stereocenters. The first-order chi connectivity index (χ1) is 65.8. The fraction of sp³-hybridized carbons (Fsp3) is 0.686. The van der Waals surface area contributed by atoms with Crippen molar-refractivity contribution in [3.05, 3.63) is 124 Å². The second kappa shape index (κ2) is 48.3. The van der Waals surface area contributed by atoms with Gasteiger partial charge in [0, 0.05) is 212 Å². The zero-order chi connectivity index (χ0) is 102. The minimum Gasteiger partial charge on any atom is -0.377 e. The molecule has 0 bridgehead atoms. The summed E-state index contributed by atoms with van der Waals surface area (Å²) in [5.74, 6) is 9.24. The number of anilines is 9. The molecule has 32 nitrogen and oxygen atoms in total. The van der Waals surface area contributed by atoms with Gasteiger partial charge in [-0.15, -0.1) is 0 Å². The van der Waals surface area contributed by atoms with E-state index in [4.69, 9.17) is 29.4 Å². The molecule has 10 aliphatic rings. The Bertz CT molecular complexity index is 5090. The van der Waals surface area contributed by atoms with E-state index in [9.17, 15) is 27.6 Å². The number of nitrogens with one attached hydrogen (secondary N) is 10. The zero-order valence-electron chi connectivity index (χ0n) is 88.7. The maximum atomic E-state index is 12.8. The van der Waals surface area contributed by atoms with Crippen LogP contribution in [0.3, 0.4) is 0 Å². The van der Waals surface area contributed by atoms with Crippen molar-refractivity contribution in [2.75, 3.05) is 178 Å². The lowest BCUT2D eigenvalue weighted by atomic mass is 9.84. The van der Waals surface area contributed by atoms with Gasteiger partial charge in [-0.25, -0.2) is 49.8 Å². The molecule has 10 fully saturated rings. The Morgan fingerprint density at radius 2 is 0.764 bits per heavy atom. The molecule has 0 radical (unpaired) electrons. The van der Waals surface area contributed by atoms with Crippen LogP contribution in [0.2, 0.25) is 0 Å². The van der Waals surface area contributed by atoms with Gasteiger partial charge in [-0.2, -0.15) is 23.1 Å². The summed E-state index contributed by atoms with van der Waals surface area (Å²) in [7, 11) is 0. The second-order valence-electron chi connectivity index (χ2n) is 46.0. The number of amides is 3. The Morgan fingerprint density at radius 1 is 0.386 bits per heavy atom. The molecule has 17 rings (SSSR count). The van der Waals surface area contributed by atoms with E-state index in [2.05, 4.69) is 282 Å². The average molecular weight is 1940 g/mol. The third kappa shape index (κ3) is 33.8. The minimum absolute atomic E-state index is 0.00909. The van der Waals surface area contributed by atoms with Crippen LogP contribution in [-0.2, 0) is 74.4 Å². The van der Waals surface area contributed by atoms with Gasteiger partial charge >= 0.3 is 6.18 Å². The summed E-state index contributed by atoms with van der Waals surface area (Å²) in [6, 6.07) is 20.8. The monoisotopic (exact) mass is 1940 g/mol. The summed E-state index contributed by atoms with van der Waals surface area (Å²) < 4.78 is 48.8. The maximum absolute atomic E-state index is 12.8. The van der Waals surface area contributed by atoms with E-state index in [0.717, 1.165) is 257 Å². The highest BCUT2D eigenvalue weighted by Crippen LogP contribution is 2.36. The Balaban J connectivity index is 0.000000157. The lowest BCUT2D eigenvalue weighted by molar-refractivity contribution is -0.145. The van der Waals surface area contributed by atoms with Gasteiger partial charge in [0.2, 0.25) is 35.4 Å². The molecular formula is C105H166F3N27O5. The molecular weight excluding hydrogens is 1780 g/mol. The van der Waals surface area contributed by atoms with E-state index in [-0.39, 0.29) is 56.2 Å². The second-order valence-corrected chi connectivity index (χ2v) is 46.0. The fourth-order valence-electron chi connectivity index (χ4n) is 16.3. The zero-order valence-corrected chi connectivity index (χ0v) is 88.7. The average Bonchev–Trinajstić information content (AvgIpc) is 1.13. The molecule has 0 spiro atoms. The number of pyridine rings is 2. The first kappa shape index (κ1) is 110. The number of aromatic nitrogens is 12. The van der Waals surface area contributed by atoms with Crippen molar-refractivity contribution < 1.29 is 37.0 Å². The molecule has 0 aromatic carbocycles. The number of aryl methyl sites for hydroxylation is 2. The van der Waals surface area contributed by atoms with Crippen molar-refractivity contribution in [3.8, 4) is 0 Å². The number of piperazine rings is 1. The van der Waals surface area contributed by atoms with Crippen LogP contribution in [0.5, 0.6) is 0 Å². The molecule has 35 heteroatoms. The molecule has 140 heavy (non-hydrogen) atoms. The molecule has 10 N–H and O–H groups in total. The number of alkyl halides is 3. The Morgan fingerprint density at radius 3 is 1.14 bits per heavy atom. The summed E-state index contributed by atoms with van der Waals surface area (Å²) in [6.07, 6.45) is 10.6. The molecule has 1 aliphatic carbocycles. The summed E-state index contributed by atoms with van der Waals surface area (Å²) >= 11 is 0. The number of rotatable bonds is 19. The van der Waals surface area contributed by atoms with Gasteiger partial charge in [-0.05, 0) is 105 Å². The number of piperidine rings is 2. The van der Waals surface area contributed by atoms with Crippen LogP contribution in [0.25, 0.3) is 0 Å². The number of ether oxygens (including phenoxy) is 2. The smallest absolute Gasteiger partial charge is 0.377 e. The summed E-state index contributed by atoms with van der Waals surface area (Å²) in [4.78, 5) is 98.6. The molecule has 3 amide bonds. The van der Waals surface area contributed by atoms with E-state index < -0.39 is 17.4 Å². The Hall–Kier alpha value is -10.1. The SMILES string of the molecule is CC(=O)N1CC(Nc2cc(C(C)(C)C)nc(C)n2)C1.CC(C)(C)c1cc(NC2CNC2)nc(C(F)(F)F)n1.CC(C)(C)c1cc(NC2CNC2)nc(N2CCNCC2)n1.CC(C)(C)c1cc(NC2COC2)nc(N2CCCC2)n1.CC(C)(C)c1ccnc(NC2CCN(C(=O)C3CCC3)CC2)c1.CCC(=O)N1CCC(Nc2cc(C(C)(C)C)ccn2)CC1.CCc1nc(NC2COC2)cc(C(C)(C)C)n1. The van der Waals surface area contributed by atoms with Crippen LogP contribution in [0.15, 0.2) is 67.0 Å². The van der Waals surface area contributed by atoms with Gasteiger partial charge < -0.3 is 87.1 Å². The minimum atomic E-state index is -4.53. The van der Waals surface area contributed by atoms with Gasteiger partial charge in [-0.3, -0.25) is 14.4 Å². The molecule has 772 valence electrons. The lowest BCUT2D eigenvalue weighted by Crippen LogP contribution is -2.56.